The molecule has 42 valence electrons. The molecule has 8 heavy (non-hydrogen) atoms. The Hall–Kier alpha value is -1.46. The topological polar surface area (TPSA) is 104 Å². The molecule has 0 aliphatic carbocycles. The largest absolute Gasteiger partial charge is 0.379 e. The summed E-state index contributed by atoms with van der Waals surface area (Å²) >= 11 is 0. The molecule has 0 aromatic carbocycles. The Morgan fingerprint density at radius 1 is 0.875 bits per heavy atom. The Morgan fingerprint density at radius 2 is 1.25 bits per heavy atom. The molecule has 6 nitrogen and oxygen atoms in total. The zero-order valence-electron chi connectivity index (χ0n) is 3.94. The Morgan fingerprint density at radius 3 is 1.50 bits per heavy atom. The molecule has 0 spiro atoms. The van der Waals surface area contributed by atoms with Crippen LogP contribution in [0.2, 0.25) is 0 Å². The highest BCUT2D eigenvalue weighted by Gasteiger charge is 1.92. The summed E-state index contributed by atoms with van der Waals surface area (Å²) in [4.78, 5) is 0. The van der Waals surface area contributed by atoms with Crippen LogP contribution in [0.3, 0.4) is 0 Å². The van der Waals surface area contributed by atoms with Crippen molar-refractivity contribution in [3.8, 4) is 0 Å². The lowest BCUT2D eigenvalue weighted by atomic mass is 10.7. The van der Waals surface area contributed by atoms with Crippen molar-refractivity contribution in [2.75, 3.05) is 11.5 Å². The molecule has 0 fully saturated rings. The van der Waals surface area contributed by atoms with Gasteiger partial charge in [-0.15, -0.1) is 10.2 Å². The molecule has 1 rings (SSSR count). The monoisotopic (exact) mass is 112 g/mol. The maximum Gasteiger partial charge on any atom is 0.192 e. The Kier molecular flexibility index (Phi) is 0.918. The standard InChI is InChI=1S/C2H4N6/c3-1-2(4)6-8-7-5-1/h(H2,3,5,8)(H2,4,6,7). The SMILES string of the molecule is Nc1nnnnc1N. The summed E-state index contributed by atoms with van der Waals surface area (Å²) in [5.41, 5.74) is 10.2. The van der Waals surface area contributed by atoms with Gasteiger partial charge in [-0.3, -0.25) is 0 Å². The van der Waals surface area contributed by atoms with Crippen molar-refractivity contribution < 1.29 is 0 Å². The van der Waals surface area contributed by atoms with E-state index < -0.39 is 0 Å². The van der Waals surface area contributed by atoms with Crippen molar-refractivity contribution in [1.82, 2.24) is 20.6 Å². The fraction of sp³-hybridized carbons (Fsp3) is 0. The lowest BCUT2D eigenvalue weighted by Crippen LogP contribution is -2.03. The van der Waals surface area contributed by atoms with Crippen LogP contribution in [0.15, 0.2) is 0 Å². The zero-order valence-corrected chi connectivity index (χ0v) is 3.94. The molecule has 0 aliphatic rings. The summed E-state index contributed by atoms with van der Waals surface area (Å²) in [5, 5.41) is 12.9. The lowest BCUT2D eigenvalue weighted by molar-refractivity contribution is 0.776. The fourth-order valence-corrected chi connectivity index (χ4v) is 0.239. The molecular formula is C2H4N6. The van der Waals surface area contributed by atoms with Crippen LogP contribution in [0.1, 0.15) is 0 Å². The fourth-order valence-electron chi connectivity index (χ4n) is 0.239. The number of hydrogen-bond acceptors (Lipinski definition) is 6. The molecule has 0 radical (unpaired) electrons. The highest BCUT2D eigenvalue weighted by Crippen LogP contribution is 1.98. The van der Waals surface area contributed by atoms with E-state index in [1.807, 2.05) is 0 Å². The number of rotatable bonds is 0. The normalized spacial score (nSPS) is 9.00. The van der Waals surface area contributed by atoms with Gasteiger partial charge in [-0.25, -0.2) is 0 Å². The van der Waals surface area contributed by atoms with Crippen molar-refractivity contribution in [2.24, 2.45) is 0 Å². The molecule has 1 heterocycles. The first-order chi connectivity index (χ1) is 3.80. The predicted molar refractivity (Wildman–Crippen MR) is 26.4 cm³/mol. The number of nitrogen functional groups attached to an aromatic ring is 2. The molecule has 0 aliphatic heterocycles. The molecule has 6 heteroatoms. The van der Waals surface area contributed by atoms with E-state index in [4.69, 9.17) is 11.5 Å². The summed E-state index contributed by atoms with van der Waals surface area (Å²) in [6.45, 7) is 0. The predicted octanol–water partition coefficient (Wildman–Crippen LogP) is -1.57. The van der Waals surface area contributed by atoms with E-state index in [1.54, 1.807) is 0 Å². The van der Waals surface area contributed by atoms with E-state index in [-0.39, 0.29) is 11.6 Å². The van der Waals surface area contributed by atoms with Crippen LogP contribution in [0.25, 0.3) is 0 Å². The van der Waals surface area contributed by atoms with Gasteiger partial charge in [0.1, 0.15) is 0 Å². The van der Waals surface area contributed by atoms with Crippen molar-refractivity contribution in [2.45, 2.75) is 0 Å². The van der Waals surface area contributed by atoms with Crippen LogP contribution < -0.4 is 11.5 Å². The van der Waals surface area contributed by atoms with Gasteiger partial charge in [-0.05, 0) is 10.4 Å². The molecule has 0 unspecified atom stereocenters. The second kappa shape index (κ2) is 1.57. The number of nitrogens with zero attached hydrogens (tertiary/aromatic N) is 4. The van der Waals surface area contributed by atoms with Crippen LogP contribution >= 0.6 is 0 Å². The van der Waals surface area contributed by atoms with Gasteiger partial charge < -0.3 is 11.5 Å². The van der Waals surface area contributed by atoms with E-state index in [9.17, 15) is 0 Å². The van der Waals surface area contributed by atoms with Crippen molar-refractivity contribution in [3.05, 3.63) is 0 Å². The van der Waals surface area contributed by atoms with Crippen LogP contribution in [0.5, 0.6) is 0 Å². The zero-order chi connectivity index (χ0) is 5.98. The van der Waals surface area contributed by atoms with Crippen LogP contribution in [-0.2, 0) is 0 Å². The average Bonchev–Trinajstić information content (AvgIpc) is 1.77. The molecule has 1 aromatic rings. The van der Waals surface area contributed by atoms with Crippen molar-refractivity contribution in [1.29, 1.82) is 0 Å². The maximum absolute atomic E-state index is 5.12. The van der Waals surface area contributed by atoms with E-state index >= 15 is 0 Å². The number of anilines is 2. The molecule has 4 N–H and O–H groups in total. The average molecular weight is 112 g/mol. The molecular weight excluding hydrogens is 108 g/mol. The third-order valence-electron chi connectivity index (χ3n) is 0.607. The van der Waals surface area contributed by atoms with Crippen molar-refractivity contribution >= 4 is 11.6 Å². The van der Waals surface area contributed by atoms with Gasteiger partial charge >= 0.3 is 0 Å². The first-order valence-corrected chi connectivity index (χ1v) is 1.87. The molecule has 0 amide bonds. The summed E-state index contributed by atoms with van der Waals surface area (Å²) in [5.74, 6) is 0.222. The smallest absolute Gasteiger partial charge is 0.192 e. The van der Waals surface area contributed by atoms with Crippen LogP contribution in [-0.4, -0.2) is 20.6 Å². The molecule has 0 bridgehead atoms. The van der Waals surface area contributed by atoms with Gasteiger partial charge in [-0.1, -0.05) is 0 Å². The van der Waals surface area contributed by atoms with Gasteiger partial charge in [0.2, 0.25) is 0 Å². The van der Waals surface area contributed by atoms with E-state index in [0.717, 1.165) is 0 Å². The van der Waals surface area contributed by atoms with E-state index in [1.165, 1.54) is 0 Å². The molecule has 0 saturated heterocycles. The first-order valence-electron chi connectivity index (χ1n) is 1.87. The first kappa shape index (κ1) is 4.69. The Balaban J connectivity index is 3.13. The number of hydrogen-bond donors (Lipinski definition) is 2. The van der Waals surface area contributed by atoms with Gasteiger partial charge in [0.15, 0.2) is 11.6 Å². The highest BCUT2D eigenvalue weighted by atomic mass is 15.4. The highest BCUT2D eigenvalue weighted by molar-refractivity contribution is 5.48. The van der Waals surface area contributed by atoms with Gasteiger partial charge in [-0.2, -0.15) is 0 Å². The second-order valence-corrected chi connectivity index (χ2v) is 1.15. The van der Waals surface area contributed by atoms with Gasteiger partial charge in [0.25, 0.3) is 0 Å². The summed E-state index contributed by atoms with van der Waals surface area (Å²) in [7, 11) is 0. The Bertz CT molecular complexity index is 163. The van der Waals surface area contributed by atoms with Crippen LogP contribution in [0, 0.1) is 0 Å². The van der Waals surface area contributed by atoms with E-state index in [0.29, 0.717) is 0 Å². The maximum atomic E-state index is 5.12. The lowest BCUT2D eigenvalue weighted by Gasteiger charge is -1.88. The Labute approximate surface area is 44.9 Å². The van der Waals surface area contributed by atoms with Gasteiger partial charge in [0.05, 0.1) is 0 Å². The minimum atomic E-state index is 0.111. The minimum Gasteiger partial charge on any atom is -0.379 e. The third-order valence-corrected chi connectivity index (χ3v) is 0.607. The summed E-state index contributed by atoms with van der Waals surface area (Å²) in [6.07, 6.45) is 0. The quantitative estimate of drug-likeness (QED) is 0.420. The number of nitrogens with two attached hydrogens (primary N) is 2. The van der Waals surface area contributed by atoms with Gasteiger partial charge in [0, 0.05) is 0 Å². The molecule has 0 atom stereocenters. The summed E-state index contributed by atoms with van der Waals surface area (Å²) < 4.78 is 0. The second-order valence-electron chi connectivity index (χ2n) is 1.15. The van der Waals surface area contributed by atoms with Crippen LogP contribution in [0.4, 0.5) is 11.6 Å². The van der Waals surface area contributed by atoms with E-state index in [2.05, 4.69) is 20.6 Å². The minimum absolute atomic E-state index is 0.111. The third kappa shape index (κ3) is 0.625. The summed E-state index contributed by atoms with van der Waals surface area (Å²) in [6, 6.07) is 0. The van der Waals surface area contributed by atoms with Crippen molar-refractivity contribution in [3.63, 3.8) is 0 Å². The molecule has 1 aromatic heterocycles. The molecule has 0 saturated carbocycles. The number of aromatic nitrogens is 4.